The Labute approximate surface area is 125 Å². The molecule has 3 fully saturated rings. The highest BCUT2D eigenvalue weighted by atomic mass is 19.4. The Balaban J connectivity index is 1.69. The summed E-state index contributed by atoms with van der Waals surface area (Å²) >= 11 is 0. The van der Waals surface area contributed by atoms with Gasteiger partial charge in [0.2, 0.25) is 0 Å². The zero-order chi connectivity index (χ0) is 15.1. The molecule has 21 heavy (non-hydrogen) atoms. The molecule has 5 heteroatoms. The van der Waals surface area contributed by atoms with E-state index in [0.717, 1.165) is 19.4 Å². The number of hydrogen-bond donors (Lipinski definition) is 1. The average Bonchev–Trinajstić information content (AvgIpc) is 3.26. The highest BCUT2D eigenvalue weighted by Crippen LogP contribution is 2.45. The van der Waals surface area contributed by atoms with E-state index in [1.54, 1.807) is 4.90 Å². The van der Waals surface area contributed by atoms with Gasteiger partial charge in [-0.15, -0.1) is 0 Å². The van der Waals surface area contributed by atoms with Crippen molar-refractivity contribution >= 4 is 0 Å². The van der Waals surface area contributed by atoms with Gasteiger partial charge in [0.15, 0.2) is 0 Å². The lowest BCUT2D eigenvalue weighted by Gasteiger charge is -2.50. The number of piperazine rings is 1. The molecule has 3 rings (SSSR count). The van der Waals surface area contributed by atoms with E-state index in [2.05, 4.69) is 5.32 Å². The highest BCUT2D eigenvalue weighted by molar-refractivity contribution is 5.06. The van der Waals surface area contributed by atoms with Crippen molar-refractivity contribution in [1.29, 1.82) is 0 Å². The molecule has 0 spiro atoms. The molecular weight excluding hydrogens is 277 g/mol. The molecule has 122 valence electrons. The van der Waals surface area contributed by atoms with E-state index in [1.165, 1.54) is 32.1 Å². The van der Waals surface area contributed by atoms with Crippen molar-refractivity contribution < 1.29 is 13.2 Å². The molecule has 2 atom stereocenters. The van der Waals surface area contributed by atoms with Crippen molar-refractivity contribution in [3.05, 3.63) is 0 Å². The van der Waals surface area contributed by atoms with Crippen LogP contribution < -0.4 is 5.32 Å². The van der Waals surface area contributed by atoms with Gasteiger partial charge in [-0.1, -0.05) is 19.3 Å². The van der Waals surface area contributed by atoms with Gasteiger partial charge in [0, 0.05) is 24.7 Å². The Morgan fingerprint density at radius 3 is 2.33 bits per heavy atom. The molecule has 0 bridgehead atoms. The van der Waals surface area contributed by atoms with Crippen LogP contribution in [0.5, 0.6) is 0 Å². The normalized spacial score (nSPS) is 36.9. The smallest absolute Gasteiger partial charge is 0.311 e. The van der Waals surface area contributed by atoms with Crippen LogP contribution in [-0.2, 0) is 0 Å². The quantitative estimate of drug-likeness (QED) is 0.857. The summed E-state index contributed by atoms with van der Waals surface area (Å²) in [6.07, 6.45) is 4.19. The van der Waals surface area contributed by atoms with Gasteiger partial charge < -0.3 is 5.32 Å². The molecule has 0 aromatic heterocycles. The van der Waals surface area contributed by atoms with E-state index in [0.29, 0.717) is 18.4 Å². The number of hydrogen-bond acceptors (Lipinski definition) is 2. The molecule has 2 saturated carbocycles. The summed E-state index contributed by atoms with van der Waals surface area (Å²) in [5.41, 5.74) is -0.305. The van der Waals surface area contributed by atoms with Crippen LogP contribution in [0.3, 0.4) is 0 Å². The second-order valence-corrected chi connectivity index (χ2v) is 7.51. The first-order chi connectivity index (χ1) is 9.88. The minimum absolute atomic E-state index is 0.250. The molecular formula is C16H27F3N2. The van der Waals surface area contributed by atoms with Crippen LogP contribution >= 0.6 is 0 Å². The van der Waals surface area contributed by atoms with E-state index in [9.17, 15) is 13.2 Å². The van der Waals surface area contributed by atoms with Crippen molar-refractivity contribution in [3.8, 4) is 0 Å². The van der Waals surface area contributed by atoms with Gasteiger partial charge >= 0.3 is 6.18 Å². The van der Waals surface area contributed by atoms with Gasteiger partial charge in [-0.2, -0.15) is 13.2 Å². The first-order valence-corrected chi connectivity index (χ1v) is 8.44. The fourth-order valence-corrected chi connectivity index (χ4v) is 4.38. The molecule has 1 saturated heterocycles. The van der Waals surface area contributed by atoms with Crippen molar-refractivity contribution in [2.75, 3.05) is 19.6 Å². The Morgan fingerprint density at radius 2 is 1.76 bits per heavy atom. The Hall–Kier alpha value is -0.290. The maximum absolute atomic E-state index is 13.0. The number of nitrogens with zero attached hydrogens (tertiary/aromatic N) is 1. The van der Waals surface area contributed by atoms with Crippen molar-refractivity contribution in [3.63, 3.8) is 0 Å². The summed E-state index contributed by atoms with van der Waals surface area (Å²) in [6.45, 7) is 2.57. The molecule has 2 aliphatic carbocycles. The molecule has 1 heterocycles. The lowest BCUT2D eigenvalue weighted by molar-refractivity contribution is -0.166. The Morgan fingerprint density at radius 1 is 1.10 bits per heavy atom. The van der Waals surface area contributed by atoms with Crippen molar-refractivity contribution in [1.82, 2.24) is 10.2 Å². The first-order valence-electron chi connectivity index (χ1n) is 8.44. The number of halogens is 3. The minimum atomic E-state index is -4.09. The summed E-state index contributed by atoms with van der Waals surface area (Å²) in [5, 5.41) is 3.61. The van der Waals surface area contributed by atoms with Crippen LogP contribution in [0, 0.1) is 11.8 Å². The minimum Gasteiger partial charge on any atom is -0.311 e. The number of alkyl halides is 3. The third-order valence-electron chi connectivity index (χ3n) is 5.91. The lowest BCUT2D eigenvalue weighted by Crippen LogP contribution is -2.67. The van der Waals surface area contributed by atoms with E-state index in [1.807, 2.05) is 6.92 Å². The van der Waals surface area contributed by atoms with Crippen LogP contribution in [0.15, 0.2) is 0 Å². The summed E-state index contributed by atoms with van der Waals surface area (Å²) in [4.78, 5) is 1.75. The molecule has 0 amide bonds. The van der Waals surface area contributed by atoms with Crippen LogP contribution in [0.4, 0.5) is 13.2 Å². The molecule has 0 aromatic rings. The second kappa shape index (κ2) is 5.73. The van der Waals surface area contributed by atoms with E-state index in [-0.39, 0.29) is 11.6 Å². The second-order valence-electron chi connectivity index (χ2n) is 7.51. The lowest BCUT2D eigenvalue weighted by atomic mass is 9.80. The van der Waals surface area contributed by atoms with Gasteiger partial charge in [-0.05, 0) is 44.4 Å². The van der Waals surface area contributed by atoms with Gasteiger partial charge in [0.05, 0.1) is 6.54 Å². The predicted molar refractivity (Wildman–Crippen MR) is 77.1 cm³/mol. The monoisotopic (exact) mass is 304 g/mol. The largest absolute Gasteiger partial charge is 0.401 e. The molecule has 1 aliphatic heterocycles. The van der Waals surface area contributed by atoms with Gasteiger partial charge in [-0.25, -0.2) is 0 Å². The van der Waals surface area contributed by atoms with Crippen LogP contribution in [-0.4, -0.2) is 42.3 Å². The average molecular weight is 304 g/mol. The van der Waals surface area contributed by atoms with E-state index < -0.39 is 12.7 Å². The van der Waals surface area contributed by atoms with Crippen LogP contribution in [0.1, 0.15) is 51.9 Å². The maximum Gasteiger partial charge on any atom is 0.401 e. The number of rotatable bonds is 3. The van der Waals surface area contributed by atoms with Gasteiger partial charge in [0.1, 0.15) is 0 Å². The van der Waals surface area contributed by atoms with Gasteiger partial charge in [0.25, 0.3) is 0 Å². The summed E-state index contributed by atoms with van der Waals surface area (Å²) in [6, 6.07) is 0.250. The summed E-state index contributed by atoms with van der Waals surface area (Å²) < 4.78 is 38.9. The SMILES string of the molecule is CC1(C2CC2)CNC(C2CCCCC2)CN1CC(F)(F)F. The molecule has 3 aliphatic rings. The zero-order valence-electron chi connectivity index (χ0n) is 12.9. The fraction of sp³-hybridized carbons (Fsp3) is 1.00. The highest BCUT2D eigenvalue weighted by Gasteiger charge is 2.51. The third-order valence-corrected chi connectivity index (χ3v) is 5.91. The number of nitrogens with one attached hydrogen (secondary N) is 1. The van der Waals surface area contributed by atoms with Gasteiger partial charge in [-0.3, -0.25) is 4.90 Å². The fourth-order valence-electron chi connectivity index (χ4n) is 4.38. The van der Waals surface area contributed by atoms with Crippen molar-refractivity contribution in [2.24, 2.45) is 11.8 Å². The summed E-state index contributed by atoms with van der Waals surface area (Å²) in [7, 11) is 0. The van der Waals surface area contributed by atoms with Crippen molar-refractivity contribution in [2.45, 2.75) is 69.6 Å². The van der Waals surface area contributed by atoms with Crippen LogP contribution in [0.25, 0.3) is 0 Å². The Bertz CT molecular complexity index is 361. The first kappa shape index (κ1) is 15.6. The predicted octanol–water partition coefficient (Wildman–Crippen LogP) is 3.57. The zero-order valence-corrected chi connectivity index (χ0v) is 12.9. The molecule has 2 nitrogen and oxygen atoms in total. The molecule has 0 radical (unpaired) electrons. The summed E-state index contributed by atoms with van der Waals surface area (Å²) in [5.74, 6) is 1.01. The molecule has 0 aromatic carbocycles. The van der Waals surface area contributed by atoms with E-state index in [4.69, 9.17) is 0 Å². The van der Waals surface area contributed by atoms with E-state index >= 15 is 0 Å². The topological polar surface area (TPSA) is 15.3 Å². The maximum atomic E-state index is 13.0. The molecule has 2 unspecified atom stereocenters. The molecule has 1 N–H and O–H groups in total. The Kier molecular flexibility index (Phi) is 4.25. The van der Waals surface area contributed by atoms with Crippen LogP contribution in [0.2, 0.25) is 0 Å². The standard InChI is InChI=1S/C16H27F3N2/c1-15(13-7-8-13)10-20-14(12-5-3-2-4-6-12)9-21(15)11-16(17,18)19/h12-14,20H,2-11H2,1H3. The third kappa shape index (κ3) is 3.55.